The average Bonchev–Trinajstić information content (AvgIpc) is 3.07. The molecule has 1 atom stereocenters. The van der Waals surface area contributed by atoms with Crippen molar-refractivity contribution in [3.05, 3.63) is 34.3 Å². The van der Waals surface area contributed by atoms with Crippen LogP contribution in [0.3, 0.4) is 0 Å². The van der Waals surface area contributed by atoms with E-state index >= 15 is 0 Å². The largest absolute Gasteiger partial charge is 0.444 e. The second kappa shape index (κ2) is 5.40. The summed E-state index contributed by atoms with van der Waals surface area (Å²) in [4.78, 5) is 18.4. The maximum absolute atomic E-state index is 12.3. The van der Waals surface area contributed by atoms with E-state index < -0.39 is 0 Å². The van der Waals surface area contributed by atoms with Crippen molar-refractivity contribution < 1.29 is 13.7 Å². The van der Waals surface area contributed by atoms with Gasteiger partial charge in [0.05, 0.1) is 0 Å². The van der Waals surface area contributed by atoms with E-state index in [1.165, 1.54) is 0 Å². The third kappa shape index (κ3) is 2.63. The number of carbonyl (C=O) groups is 1. The molecule has 1 fully saturated rings. The Morgan fingerprint density at radius 3 is 3.00 bits per heavy atom. The number of hydrogen-bond acceptors (Lipinski definition) is 5. The van der Waals surface area contributed by atoms with Gasteiger partial charge < -0.3 is 13.8 Å². The number of carbonyl (C=O) groups excluding carboxylic acids is 1. The molecule has 1 aliphatic heterocycles. The molecule has 7 heteroatoms. The Kier molecular flexibility index (Phi) is 3.60. The quantitative estimate of drug-likeness (QED) is 0.841. The molecule has 0 radical (unpaired) electrons. The molecule has 0 bridgehead atoms. The average molecular weight is 340 g/mol. The van der Waals surface area contributed by atoms with E-state index in [0.717, 1.165) is 19.4 Å². The Bertz CT molecular complexity index is 622. The SMILES string of the molecule is Cc1nc(C2CCCN(C(=O)c3ccc(Br)o3)C2)no1. The number of piperidine rings is 1. The lowest BCUT2D eigenvalue weighted by atomic mass is 9.97. The molecule has 0 saturated carbocycles. The molecule has 0 N–H and O–H groups in total. The summed E-state index contributed by atoms with van der Waals surface area (Å²) in [6.07, 6.45) is 1.89. The number of furan rings is 1. The van der Waals surface area contributed by atoms with Crippen LogP contribution in [0.25, 0.3) is 0 Å². The molecule has 1 saturated heterocycles. The lowest BCUT2D eigenvalue weighted by Gasteiger charge is -2.30. The zero-order chi connectivity index (χ0) is 14.1. The molecular formula is C13H14BrN3O3. The number of likely N-dealkylation sites (tertiary alicyclic amines) is 1. The van der Waals surface area contributed by atoms with Crippen LogP contribution in [0.15, 0.2) is 25.7 Å². The van der Waals surface area contributed by atoms with E-state index in [4.69, 9.17) is 8.94 Å². The molecule has 6 nitrogen and oxygen atoms in total. The van der Waals surface area contributed by atoms with Crippen LogP contribution in [-0.4, -0.2) is 34.0 Å². The maximum Gasteiger partial charge on any atom is 0.289 e. The number of amides is 1. The van der Waals surface area contributed by atoms with Crippen LogP contribution in [0.1, 0.15) is 41.0 Å². The molecular weight excluding hydrogens is 326 g/mol. The Morgan fingerprint density at radius 2 is 2.35 bits per heavy atom. The molecule has 3 heterocycles. The minimum absolute atomic E-state index is 0.0967. The summed E-state index contributed by atoms with van der Waals surface area (Å²) in [7, 11) is 0. The highest BCUT2D eigenvalue weighted by atomic mass is 79.9. The van der Waals surface area contributed by atoms with Crippen LogP contribution in [0.2, 0.25) is 0 Å². The number of nitrogens with zero attached hydrogens (tertiary/aromatic N) is 3. The highest BCUT2D eigenvalue weighted by Gasteiger charge is 2.29. The van der Waals surface area contributed by atoms with Crippen molar-refractivity contribution in [1.82, 2.24) is 15.0 Å². The molecule has 0 spiro atoms. The molecule has 3 rings (SSSR count). The Balaban J connectivity index is 1.73. The van der Waals surface area contributed by atoms with Crippen LogP contribution in [-0.2, 0) is 0 Å². The predicted octanol–water partition coefficient (Wildman–Crippen LogP) is 2.75. The van der Waals surface area contributed by atoms with Crippen LogP contribution in [0.4, 0.5) is 0 Å². The smallest absolute Gasteiger partial charge is 0.289 e. The normalized spacial score (nSPS) is 19.3. The molecule has 1 aliphatic rings. The standard InChI is InChI=1S/C13H14BrN3O3/c1-8-15-12(16-20-8)9-3-2-6-17(7-9)13(18)10-4-5-11(14)19-10/h4-5,9H,2-3,6-7H2,1H3. The molecule has 1 amide bonds. The van der Waals surface area contributed by atoms with Crippen LogP contribution < -0.4 is 0 Å². The van der Waals surface area contributed by atoms with Gasteiger partial charge in [-0.05, 0) is 40.9 Å². The number of halogens is 1. The van der Waals surface area contributed by atoms with E-state index in [9.17, 15) is 4.79 Å². The summed E-state index contributed by atoms with van der Waals surface area (Å²) in [5.74, 6) is 1.62. The van der Waals surface area contributed by atoms with Gasteiger partial charge in [-0.1, -0.05) is 5.16 Å². The maximum atomic E-state index is 12.3. The number of rotatable bonds is 2. The van der Waals surface area contributed by atoms with E-state index in [1.807, 2.05) is 0 Å². The minimum atomic E-state index is -0.0967. The first kappa shape index (κ1) is 13.4. The van der Waals surface area contributed by atoms with Crippen molar-refractivity contribution in [1.29, 1.82) is 0 Å². The molecule has 2 aromatic rings. The van der Waals surface area contributed by atoms with Crippen LogP contribution >= 0.6 is 15.9 Å². The van der Waals surface area contributed by atoms with Gasteiger partial charge in [-0.15, -0.1) is 0 Å². The molecule has 0 aromatic carbocycles. The van der Waals surface area contributed by atoms with Crippen molar-refractivity contribution in [2.75, 3.05) is 13.1 Å². The van der Waals surface area contributed by atoms with Crippen molar-refractivity contribution >= 4 is 21.8 Å². The zero-order valence-electron chi connectivity index (χ0n) is 11.0. The molecule has 1 unspecified atom stereocenters. The Labute approximate surface area is 124 Å². The lowest BCUT2D eigenvalue weighted by molar-refractivity contribution is 0.0670. The fraction of sp³-hybridized carbons (Fsp3) is 0.462. The monoisotopic (exact) mass is 339 g/mol. The number of hydrogen-bond donors (Lipinski definition) is 0. The summed E-state index contributed by atoms with van der Waals surface area (Å²) in [6, 6.07) is 3.39. The zero-order valence-corrected chi connectivity index (χ0v) is 12.6. The molecule has 0 aliphatic carbocycles. The van der Waals surface area contributed by atoms with Crippen LogP contribution in [0.5, 0.6) is 0 Å². The lowest BCUT2D eigenvalue weighted by Crippen LogP contribution is -2.39. The Morgan fingerprint density at radius 1 is 1.50 bits per heavy atom. The first-order valence-electron chi connectivity index (χ1n) is 6.48. The highest BCUT2D eigenvalue weighted by Crippen LogP contribution is 2.26. The van der Waals surface area contributed by atoms with Gasteiger partial charge in [0.2, 0.25) is 5.89 Å². The van der Waals surface area contributed by atoms with E-state index in [1.54, 1.807) is 24.0 Å². The first-order valence-corrected chi connectivity index (χ1v) is 7.27. The van der Waals surface area contributed by atoms with Gasteiger partial charge in [-0.25, -0.2) is 0 Å². The van der Waals surface area contributed by atoms with Crippen molar-refractivity contribution in [2.45, 2.75) is 25.7 Å². The van der Waals surface area contributed by atoms with Crippen molar-refractivity contribution in [2.24, 2.45) is 0 Å². The molecule has 2 aromatic heterocycles. The third-order valence-corrected chi connectivity index (χ3v) is 3.83. The van der Waals surface area contributed by atoms with Crippen molar-refractivity contribution in [3.8, 4) is 0 Å². The fourth-order valence-corrected chi connectivity index (χ4v) is 2.74. The summed E-state index contributed by atoms with van der Waals surface area (Å²) < 4.78 is 10.9. The van der Waals surface area contributed by atoms with Gasteiger partial charge in [0, 0.05) is 25.9 Å². The van der Waals surface area contributed by atoms with Gasteiger partial charge in [0.1, 0.15) is 0 Å². The summed E-state index contributed by atoms with van der Waals surface area (Å²) >= 11 is 3.21. The first-order chi connectivity index (χ1) is 9.63. The summed E-state index contributed by atoms with van der Waals surface area (Å²) in [6.45, 7) is 3.09. The van der Waals surface area contributed by atoms with Gasteiger partial charge in [-0.3, -0.25) is 4.79 Å². The number of aromatic nitrogens is 2. The van der Waals surface area contributed by atoms with Gasteiger partial charge in [0.15, 0.2) is 16.3 Å². The highest BCUT2D eigenvalue weighted by molar-refractivity contribution is 9.10. The van der Waals surface area contributed by atoms with Gasteiger partial charge >= 0.3 is 0 Å². The topological polar surface area (TPSA) is 72.4 Å². The molecule has 106 valence electrons. The van der Waals surface area contributed by atoms with Crippen LogP contribution in [0, 0.1) is 6.92 Å². The predicted molar refractivity (Wildman–Crippen MR) is 73.3 cm³/mol. The van der Waals surface area contributed by atoms with Crippen molar-refractivity contribution in [3.63, 3.8) is 0 Å². The van der Waals surface area contributed by atoms with Gasteiger partial charge in [0.25, 0.3) is 5.91 Å². The number of aryl methyl sites for hydroxylation is 1. The molecule has 20 heavy (non-hydrogen) atoms. The second-order valence-electron chi connectivity index (χ2n) is 4.87. The van der Waals surface area contributed by atoms with Gasteiger partial charge in [-0.2, -0.15) is 4.98 Å². The van der Waals surface area contributed by atoms with E-state index in [2.05, 4.69) is 26.1 Å². The third-order valence-electron chi connectivity index (χ3n) is 3.40. The van der Waals surface area contributed by atoms with E-state index in [0.29, 0.717) is 28.7 Å². The van der Waals surface area contributed by atoms with E-state index in [-0.39, 0.29) is 11.8 Å². The Hall–Kier alpha value is -1.63. The second-order valence-corrected chi connectivity index (χ2v) is 5.65. The fourth-order valence-electron chi connectivity index (χ4n) is 2.44. The minimum Gasteiger partial charge on any atom is -0.444 e. The summed E-state index contributed by atoms with van der Waals surface area (Å²) in [5, 5.41) is 3.96. The summed E-state index contributed by atoms with van der Waals surface area (Å²) in [5.41, 5.74) is 0.